The van der Waals surface area contributed by atoms with Crippen molar-refractivity contribution in [2.45, 2.75) is 39.8 Å². The quantitative estimate of drug-likeness (QED) is 0.667. The minimum atomic E-state index is -0.674. The van der Waals surface area contributed by atoms with Gasteiger partial charge in [0.15, 0.2) is 0 Å². The second kappa shape index (κ2) is 3.97. The zero-order valence-electron chi connectivity index (χ0n) is 10.2. The fraction of sp³-hybridized carbons (Fsp3) is 0.429. The van der Waals surface area contributed by atoms with E-state index >= 15 is 0 Å². The molecule has 0 radical (unpaired) electrons. The summed E-state index contributed by atoms with van der Waals surface area (Å²) in [6.07, 6.45) is 4.82. The van der Waals surface area contributed by atoms with E-state index in [1.165, 1.54) is 24.0 Å². The summed E-state index contributed by atoms with van der Waals surface area (Å²) in [4.78, 5) is 0. The monoisotopic (exact) mass is 216 g/mol. The van der Waals surface area contributed by atoms with Gasteiger partial charge in [0.2, 0.25) is 0 Å². The van der Waals surface area contributed by atoms with E-state index in [1.54, 1.807) is 16.3 Å². The average molecular weight is 216 g/mol. The van der Waals surface area contributed by atoms with E-state index in [4.69, 9.17) is 0 Å². The smallest absolute Gasteiger partial charge is 0.0651 e. The van der Waals surface area contributed by atoms with Gasteiger partial charge in [-0.05, 0) is 30.9 Å². The molecule has 2 rings (SSSR count). The summed E-state index contributed by atoms with van der Waals surface area (Å²) in [6.45, 7) is 9.34. The van der Waals surface area contributed by atoms with Crippen molar-refractivity contribution in [3.8, 4) is 0 Å². The molecule has 0 atom stereocenters. The van der Waals surface area contributed by atoms with Crippen molar-refractivity contribution < 1.29 is 0 Å². The summed E-state index contributed by atoms with van der Waals surface area (Å²) in [7, 11) is -0.674. The number of aryl methyl sites for hydroxylation is 1. The highest BCUT2D eigenvalue weighted by Crippen LogP contribution is 2.26. The topological polar surface area (TPSA) is 0 Å². The van der Waals surface area contributed by atoms with Crippen LogP contribution < -0.4 is 5.19 Å². The predicted molar refractivity (Wildman–Crippen MR) is 71.7 cm³/mol. The number of rotatable bonds is 2. The van der Waals surface area contributed by atoms with Crippen LogP contribution in [-0.4, -0.2) is 8.80 Å². The molecule has 0 fully saturated rings. The molecule has 0 unspecified atom stereocenters. The Morgan fingerprint density at radius 1 is 1.27 bits per heavy atom. The maximum atomic E-state index is 2.43. The van der Waals surface area contributed by atoms with Crippen LogP contribution in [0.3, 0.4) is 0 Å². The lowest BCUT2D eigenvalue weighted by atomic mass is 10.1. The Bertz CT molecular complexity index is 414. The lowest BCUT2D eigenvalue weighted by Crippen LogP contribution is -2.27. The van der Waals surface area contributed by atoms with Crippen molar-refractivity contribution in [2.75, 3.05) is 0 Å². The molecule has 1 aliphatic carbocycles. The highest BCUT2D eigenvalue weighted by Gasteiger charge is 2.17. The molecule has 0 N–H and O–H groups in total. The number of hydrogen-bond donors (Lipinski definition) is 0. The number of hydrogen-bond acceptors (Lipinski definition) is 0. The largest absolute Gasteiger partial charge is 0.0682 e. The second-order valence-corrected chi connectivity index (χ2v) is 7.84. The molecule has 80 valence electrons. The average Bonchev–Trinajstić information content (AvgIpc) is 2.58. The van der Waals surface area contributed by atoms with Gasteiger partial charge in [-0.2, -0.15) is 0 Å². The van der Waals surface area contributed by atoms with Gasteiger partial charge >= 0.3 is 0 Å². The Morgan fingerprint density at radius 2 is 2.00 bits per heavy atom. The van der Waals surface area contributed by atoms with E-state index in [2.05, 4.69) is 45.2 Å². The van der Waals surface area contributed by atoms with Crippen LogP contribution >= 0.6 is 0 Å². The summed E-state index contributed by atoms with van der Waals surface area (Å²) >= 11 is 0. The molecule has 0 heterocycles. The molecule has 1 aliphatic rings. The summed E-state index contributed by atoms with van der Waals surface area (Å²) in [6, 6.07) is 4.76. The number of benzene rings is 1. The van der Waals surface area contributed by atoms with Crippen molar-refractivity contribution >= 4 is 20.1 Å². The van der Waals surface area contributed by atoms with Crippen molar-refractivity contribution in [3.63, 3.8) is 0 Å². The molecule has 0 spiro atoms. The van der Waals surface area contributed by atoms with Crippen LogP contribution in [-0.2, 0) is 6.42 Å². The van der Waals surface area contributed by atoms with Gasteiger partial charge < -0.3 is 0 Å². The Morgan fingerprint density at radius 3 is 2.60 bits per heavy atom. The standard InChI is InChI=1S/C14H20Si/c1-5-11-8-12-6-10(2)7-14(15(3)4)13(12)9-11/h6-8,15H,5,9H2,1-4H3. The molecule has 1 aromatic rings. The minimum absolute atomic E-state index is 0.674. The number of allylic oxidation sites excluding steroid dienone is 1. The van der Waals surface area contributed by atoms with Crippen molar-refractivity contribution in [2.24, 2.45) is 0 Å². The molecule has 0 saturated carbocycles. The molecule has 1 heteroatoms. The van der Waals surface area contributed by atoms with Crippen LogP contribution in [0.25, 0.3) is 6.08 Å². The summed E-state index contributed by atoms with van der Waals surface area (Å²) in [5.41, 5.74) is 6.17. The fourth-order valence-electron chi connectivity index (χ4n) is 2.45. The van der Waals surface area contributed by atoms with Crippen LogP contribution in [0.2, 0.25) is 13.1 Å². The molecule has 0 bridgehead atoms. The van der Waals surface area contributed by atoms with E-state index < -0.39 is 8.80 Å². The van der Waals surface area contributed by atoms with E-state index in [0.29, 0.717) is 0 Å². The predicted octanol–water partition coefficient (Wildman–Crippen LogP) is 3.04. The molecule has 0 nitrogen and oxygen atoms in total. The second-order valence-electron chi connectivity index (χ2n) is 4.91. The zero-order chi connectivity index (χ0) is 11.0. The van der Waals surface area contributed by atoms with E-state index in [1.807, 2.05) is 0 Å². The Labute approximate surface area is 94.6 Å². The highest BCUT2D eigenvalue weighted by atomic mass is 28.3. The third-order valence-corrected chi connectivity index (χ3v) is 5.06. The first-order valence-electron chi connectivity index (χ1n) is 5.94. The molecular formula is C14H20Si. The first-order valence-corrected chi connectivity index (χ1v) is 8.83. The molecule has 0 aliphatic heterocycles. The molecule has 15 heavy (non-hydrogen) atoms. The van der Waals surface area contributed by atoms with Gasteiger partial charge in [-0.15, -0.1) is 0 Å². The van der Waals surface area contributed by atoms with Crippen LogP contribution in [0.5, 0.6) is 0 Å². The van der Waals surface area contributed by atoms with E-state index in [9.17, 15) is 0 Å². The van der Waals surface area contributed by atoms with E-state index in [-0.39, 0.29) is 0 Å². The Hall–Kier alpha value is -0.823. The van der Waals surface area contributed by atoms with Crippen LogP contribution in [0.1, 0.15) is 30.0 Å². The van der Waals surface area contributed by atoms with E-state index in [0.717, 1.165) is 0 Å². The molecule has 1 aromatic carbocycles. The van der Waals surface area contributed by atoms with Gasteiger partial charge in [0.1, 0.15) is 0 Å². The van der Waals surface area contributed by atoms with Crippen molar-refractivity contribution in [1.29, 1.82) is 0 Å². The maximum Gasteiger partial charge on any atom is 0.0651 e. The van der Waals surface area contributed by atoms with Crippen LogP contribution in [0.4, 0.5) is 0 Å². The Kier molecular flexibility index (Phi) is 2.83. The van der Waals surface area contributed by atoms with Gasteiger partial charge in [-0.25, -0.2) is 0 Å². The van der Waals surface area contributed by atoms with Crippen LogP contribution in [0, 0.1) is 6.92 Å². The third-order valence-electron chi connectivity index (χ3n) is 3.30. The van der Waals surface area contributed by atoms with Crippen molar-refractivity contribution in [1.82, 2.24) is 0 Å². The minimum Gasteiger partial charge on any atom is -0.0682 e. The van der Waals surface area contributed by atoms with Gasteiger partial charge in [0.05, 0.1) is 8.80 Å². The summed E-state index contributed by atoms with van der Waals surface area (Å²) < 4.78 is 0. The van der Waals surface area contributed by atoms with Gasteiger partial charge in [0, 0.05) is 0 Å². The molecular weight excluding hydrogens is 196 g/mol. The molecule has 0 aromatic heterocycles. The van der Waals surface area contributed by atoms with Gasteiger partial charge in [-0.3, -0.25) is 0 Å². The summed E-state index contributed by atoms with van der Waals surface area (Å²) in [5.74, 6) is 0. The SMILES string of the molecule is CCC1=Cc2cc(C)cc([SiH](C)C)c2C1. The Balaban J connectivity index is 2.50. The maximum absolute atomic E-state index is 2.43. The lowest BCUT2D eigenvalue weighted by molar-refractivity contribution is 1.04. The normalized spacial score (nSPS) is 14.3. The van der Waals surface area contributed by atoms with Crippen LogP contribution in [0.15, 0.2) is 17.7 Å². The first kappa shape index (κ1) is 10.7. The van der Waals surface area contributed by atoms with Crippen molar-refractivity contribution in [3.05, 3.63) is 34.4 Å². The van der Waals surface area contributed by atoms with Gasteiger partial charge in [-0.1, -0.05) is 54.5 Å². The molecule has 0 amide bonds. The lowest BCUT2D eigenvalue weighted by Gasteiger charge is -2.12. The molecule has 0 saturated heterocycles. The third kappa shape index (κ3) is 1.93. The zero-order valence-corrected chi connectivity index (χ0v) is 11.4. The van der Waals surface area contributed by atoms with Gasteiger partial charge in [0.25, 0.3) is 0 Å². The summed E-state index contributed by atoms with van der Waals surface area (Å²) in [5, 5.41) is 1.68. The first-order chi connectivity index (χ1) is 7.11. The number of fused-ring (bicyclic) bond motifs is 1. The fourth-order valence-corrected chi connectivity index (χ4v) is 4.01. The highest BCUT2D eigenvalue weighted by molar-refractivity contribution is 6.71.